The van der Waals surface area contributed by atoms with Crippen LogP contribution in [0.5, 0.6) is 0 Å². The molecule has 0 bridgehead atoms. The smallest absolute Gasteiger partial charge is 0.370 e. The van der Waals surface area contributed by atoms with Gasteiger partial charge in [-0.1, -0.05) is 29.8 Å². The predicted molar refractivity (Wildman–Crippen MR) is 72.3 cm³/mol. The lowest BCUT2D eigenvalue weighted by Gasteiger charge is -2.21. The predicted octanol–water partition coefficient (Wildman–Crippen LogP) is 1.75. The van der Waals surface area contributed by atoms with E-state index in [2.05, 4.69) is 10.6 Å². The van der Waals surface area contributed by atoms with Crippen LogP contribution in [-0.4, -0.2) is 25.2 Å². The molecule has 0 radical (unpaired) electrons. The minimum absolute atomic E-state index is 0.225. The summed E-state index contributed by atoms with van der Waals surface area (Å²) in [6.45, 7) is 1.69. The first-order chi connectivity index (χ1) is 9.29. The Morgan fingerprint density at radius 2 is 1.85 bits per heavy atom. The van der Waals surface area contributed by atoms with Crippen molar-refractivity contribution in [2.24, 2.45) is 11.7 Å². The minimum atomic E-state index is -4.33. The zero-order chi connectivity index (χ0) is 15.2. The molecule has 0 heterocycles. The molecule has 20 heavy (non-hydrogen) atoms. The number of rotatable bonds is 6. The Bertz CT molecular complexity index is 428. The molecular formula is C13H19F3N4. The Hall–Kier alpha value is -1.76. The van der Waals surface area contributed by atoms with Crippen LogP contribution in [0.4, 0.5) is 13.2 Å². The Kier molecular flexibility index (Phi) is 5.82. The van der Waals surface area contributed by atoms with Crippen LogP contribution in [0, 0.1) is 18.3 Å². The van der Waals surface area contributed by atoms with E-state index in [1.807, 2.05) is 31.2 Å². The van der Waals surface area contributed by atoms with Crippen LogP contribution in [0.15, 0.2) is 24.3 Å². The number of hydrogen-bond donors (Lipinski definition) is 4. The first kappa shape index (κ1) is 16.3. The molecule has 0 aliphatic heterocycles. The molecule has 1 unspecified atom stereocenters. The lowest BCUT2D eigenvalue weighted by molar-refractivity contribution is -0.171. The van der Waals surface area contributed by atoms with Gasteiger partial charge in [-0.3, -0.25) is 5.41 Å². The van der Waals surface area contributed by atoms with Gasteiger partial charge in [0.05, 0.1) is 5.92 Å². The van der Waals surface area contributed by atoms with Gasteiger partial charge in [-0.15, -0.1) is 0 Å². The number of benzene rings is 1. The molecule has 4 nitrogen and oxygen atoms in total. The third kappa shape index (κ3) is 5.92. The summed E-state index contributed by atoms with van der Waals surface area (Å²) < 4.78 is 38.3. The highest BCUT2D eigenvalue weighted by molar-refractivity contribution is 5.74. The van der Waals surface area contributed by atoms with Crippen molar-refractivity contribution in [3.05, 3.63) is 35.4 Å². The van der Waals surface area contributed by atoms with E-state index in [9.17, 15) is 13.2 Å². The molecule has 0 saturated heterocycles. The Labute approximate surface area is 116 Å². The van der Waals surface area contributed by atoms with E-state index in [0.29, 0.717) is 6.54 Å². The fraction of sp³-hybridized carbons (Fsp3) is 0.462. The third-order valence-electron chi connectivity index (χ3n) is 2.84. The second-order valence-electron chi connectivity index (χ2n) is 4.65. The van der Waals surface area contributed by atoms with Crippen LogP contribution in [0.25, 0.3) is 0 Å². The second kappa shape index (κ2) is 7.14. The van der Waals surface area contributed by atoms with Gasteiger partial charge >= 0.3 is 6.18 Å². The second-order valence-corrected chi connectivity index (χ2v) is 4.65. The normalized spacial score (nSPS) is 13.0. The molecule has 1 rings (SSSR count). The molecule has 1 aromatic carbocycles. The van der Waals surface area contributed by atoms with Crippen LogP contribution >= 0.6 is 0 Å². The van der Waals surface area contributed by atoms with Gasteiger partial charge in [0.2, 0.25) is 0 Å². The van der Waals surface area contributed by atoms with Crippen molar-refractivity contribution < 1.29 is 13.2 Å². The van der Waals surface area contributed by atoms with Crippen molar-refractivity contribution >= 4 is 5.96 Å². The van der Waals surface area contributed by atoms with Gasteiger partial charge in [0.25, 0.3) is 0 Å². The molecule has 0 spiro atoms. The summed E-state index contributed by atoms with van der Waals surface area (Å²) in [4.78, 5) is 0. The van der Waals surface area contributed by atoms with Gasteiger partial charge in [0, 0.05) is 19.6 Å². The van der Waals surface area contributed by atoms with Crippen LogP contribution in [0.1, 0.15) is 11.1 Å². The largest absolute Gasteiger partial charge is 0.394 e. The Morgan fingerprint density at radius 1 is 1.25 bits per heavy atom. The number of aryl methyl sites for hydroxylation is 1. The van der Waals surface area contributed by atoms with Gasteiger partial charge in [-0.2, -0.15) is 13.2 Å². The molecule has 1 aromatic rings. The van der Waals surface area contributed by atoms with Crippen molar-refractivity contribution in [2.75, 3.05) is 13.1 Å². The molecule has 0 amide bonds. The van der Waals surface area contributed by atoms with Crippen molar-refractivity contribution in [2.45, 2.75) is 19.6 Å². The maximum absolute atomic E-state index is 12.8. The number of alkyl halides is 3. The summed E-state index contributed by atoms with van der Waals surface area (Å²) >= 11 is 0. The van der Waals surface area contributed by atoms with Gasteiger partial charge < -0.3 is 16.4 Å². The fourth-order valence-electron chi connectivity index (χ4n) is 1.63. The molecule has 1 atom stereocenters. The highest BCUT2D eigenvalue weighted by Gasteiger charge is 2.38. The number of hydrogen-bond acceptors (Lipinski definition) is 2. The van der Waals surface area contributed by atoms with Crippen LogP contribution in [0.3, 0.4) is 0 Å². The minimum Gasteiger partial charge on any atom is -0.370 e. The topological polar surface area (TPSA) is 73.9 Å². The number of halogens is 3. The zero-order valence-corrected chi connectivity index (χ0v) is 11.2. The lowest BCUT2D eigenvalue weighted by atomic mass is 10.1. The SMILES string of the molecule is Cc1ccc(CNCC(CNC(=N)N)C(F)(F)F)cc1. The average molecular weight is 288 g/mol. The van der Waals surface area contributed by atoms with Crippen LogP contribution in [0.2, 0.25) is 0 Å². The summed E-state index contributed by atoms with van der Waals surface area (Å²) in [6, 6.07) is 7.57. The first-order valence-corrected chi connectivity index (χ1v) is 6.20. The molecule has 112 valence electrons. The maximum Gasteiger partial charge on any atom is 0.394 e. The van der Waals surface area contributed by atoms with Gasteiger partial charge in [-0.05, 0) is 12.5 Å². The fourth-order valence-corrected chi connectivity index (χ4v) is 1.63. The molecule has 0 aliphatic rings. The van der Waals surface area contributed by atoms with Crippen molar-refractivity contribution in [1.82, 2.24) is 10.6 Å². The molecule has 7 heteroatoms. The molecule has 5 N–H and O–H groups in total. The van der Waals surface area contributed by atoms with E-state index < -0.39 is 24.6 Å². The monoisotopic (exact) mass is 288 g/mol. The number of guanidine groups is 1. The van der Waals surface area contributed by atoms with E-state index in [4.69, 9.17) is 11.1 Å². The molecule has 0 aliphatic carbocycles. The zero-order valence-electron chi connectivity index (χ0n) is 11.2. The van der Waals surface area contributed by atoms with Crippen LogP contribution in [-0.2, 0) is 6.54 Å². The maximum atomic E-state index is 12.8. The highest BCUT2D eigenvalue weighted by Crippen LogP contribution is 2.25. The Balaban J connectivity index is 2.45. The highest BCUT2D eigenvalue weighted by atomic mass is 19.4. The molecule has 0 saturated carbocycles. The Morgan fingerprint density at radius 3 is 2.35 bits per heavy atom. The van der Waals surface area contributed by atoms with Crippen molar-refractivity contribution in [1.29, 1.82) is 5.41 Å². The standard InChI is InChI=1S/C13H19F3N4/c1-9-2-4-10(5-3-9)6-19-7-11(13(14,15)16)8-20-12(17)18/h2-5,11,19H,6-8H2,1H3,(H4,17,18,20). The average Bonchev–Trinajstić information content (AvgIpc) is 2.34. The summed E-state index contributed by atoms with van der Waals surface area (Å²) in [5, 5.41) is 11.9. The first-order valence-electron chi connectivity index (χ1n) is 6.20. The quantitative estimate of drug-likeness (QED) is 0.476. The third-order valence-corrected chi connectivity index (χ3v) is 2.84. The van der Waals surface area contributed by atoms with E-state index in [1.165, 1.54) is 0 Å². The van der Waals surface area contributed by atoms with Gasteiger partial charge in [-0.25, -0.2) is 0 Å². The van der Waals surface area contributed by atoms with E-state index in [-0.39, 0.29) is 6.54 Å². The van der Waals surface area contributed by atoms with Gasteiger partial charge in [0.1, 0.15) is 0 Å². The lowest BCUT2D eigenvalue weighted by Crippen LogP contribution is -2.43. The summed E-state index contributed by atoms with van der Waals surface area (Å²) in [6.07, 6.45) is -4.33. The van der Waals surface area contributed by atoms with Crippen LogP contribution < -0.4 is 16.4 Å². The molecular weight excluding hydrogens is 269 g/mol. The summed E-state index contributed by atoms with van der Waals surface area (Å²) in [7, 11) is 0. The summed E-state index contributed by atoms with van der Waals surface area (Å²) in [5.74, 6) is -2.05. The van der Waals surface area contributed by atoms with Gasteiger partial charge in [0.15, 0.2) is 5.96 Å². The van der Waals surface area contributed by atoms with E-state index in [1.54, 1.807) is 0 Å². The number of nitrogens with one attached hydrogen (secondary N) is 3. The summed E-state index contributed by atoms with van der Waals surface area (Å²) in [5.41, 5.74) is 7.03. The van der Waals surface area contributed by atoms with Crippen molar-refractivity contribution in [3.8, 4) is 0 Å². The van der Waals surface area contributed by atoms with Crippen molar-refractivity contribution in [3.63, 3.8) is 0 Å². The molecule has 0 fully saturated rings. The number of nitrogens with two attached hydrogens (primary N) is 1. The van der Waals surface area contributed by atoms with E-state index in [0.717, 1.165) is 11.1 Å². The van der Waals surface area contributed by atoms with E-state index >= 15 is 0 Å². The molecule has 0 aromatic heterocycles.